The number of benzene rings is 2. The van der Waals surface area contributed by atoms with Crippen LogP contribution in [0.4, 0.5) is 26.5 Å². The fourth-order valence-corrected chi connectivity index (χ4v) is 5.36. The summed E-state index contributed by atoms with van der Waals surface area (Å²) in [6.07, 6.45) is -0.519. The van der Waals surface area contributed by atoms with E-state index in [-0.39, 0.29) is 9.92 Å². The standard InChI is InChI=1S/C25H21ClF6N2O4/c1-23(2,3)10-17-24(11-33,14-8-7-12(26)9-16(14)28)18(13-5-4-6-15(27)19(13)29)20(21(35)36)34(17)25(30,31)22(37)38-32/h4-9,17-18,20H,10H2,1-3H3,(H,35,36)/t17-,18-,20+,24-/m0/s1. The van der Waals surface area contributed by atoms with Crippen LogP contribution in [0.2, 0.25) is 5.02 Å². The zero-order valence-electron chi connectivity index (χ0n) is 20.1. The summed E-state index contributed by atoms with van der Waals surface area (Å²) >= 11 is 5.84. The maximum absolute atomic E-state index is 15.5. The molecule has 2 aromatic rings. The molecule has 2 aromatic carbocycles. The quantitative estimate of drug-likeness (QED) is 0.348. The summed E-state index contributed by atoms with van der Waals surface area (Å²) in [5.41, 5.74) is -5.22. The van der Waals surface area contributed by atoms with Crippen LogP contribution in [0.5, 0.6) is 0 Å². The molecule has 3 rings (SSSR count). The Labute approximate surface area is 218 Å². The van der Waals surface area contributed by atoms with Crippen molar-refractivity contribution in [3.8, 4) is 6.07 Å². The van der Waals surface area contributed by atoms with Gasteiger partial charge in [0.2, 0.25) is 0 Å². The monoisotopic (exact) mass is 562 g/mol. The molecule has 204 valence electrons. The number of hydrogen-bond acceptors (Lipinski definition) is 5. The Hall–Kier alpha value is -3.30. The van der Waals surface area contributed by atoms with Gasteiger partial charge in [-0.25, -0.2) is 27.8 Å². The second kappa shape index (κ2) is 10.1. The molecule has 0 saturated carbocycles. The highest BCUT2D eigenvalue weighted by Crippen LogP contribution is 2.58. The molecule has 4 atom stereocenters. The van der Waals surface area contributed by atoms with E-state index < -0.39 is 81.8 Å². The van der Waals surface area contributed by atoms with Gasteiger partial charge in [-0.05, 0) is 35.6 Å². The number of carboxylic acids is 1. The first-order valence-electron chi connectivity index (χ1n) is 11.1. The molecule has 1 aliphatic heterocycles. The second-order valence-electron chi connectivity index (χ2n) is 10.1. The van der Waals surface area contributed by atoms with Crippen molar-refractivity contribution in [1.29, 1.82) is 5.26 Å². The van der Waals surface area contributed by atoms with Gasteiger partial charge in [-0.1, -0.05) is 50.6 Å². The van der Waals surface area contributed by atoms with Crippen LogP contribution in [0.1, 0.15) is 44.2 Å². The number of nitrogens with zero attached hydrogens (tertiary/aromatic N) is 2. The molecule has 13 heteroatoms. The molecule has 0 unspecified atom stereocenters. The number of likely N-dealkylation sites (tertiary alicyclic amines) is 1. The molecular weight excluding hydrogens is 542 g/mol. The maximum Gasteiger partial charge on any atom is 0.434 e. The lowest BCUT2D eigenvalue weighted by atomic mass is 9.62. The van der Waals surface area contributed by atoms with Gasteiger partial charge in [-0.2, -0.15) is 14.0 Å². The minimum Gasteiger partial charge on any atom is -0.480 e. The molecule has 6 nitrogen and oxygen atoms in total. The molecule has 0 bridgehead atoms. The zero-order chi connectivity index (χ0) is 28.8. The Kier molecular flexibility index (Phi) is 7.78. The lowest BCUT2D eigenvalue weighted by Crippen LogP contribution is -2.58. The van der Waals surface area contributed by atoms with E-state index in [0.717, 1.165) is 30.3 Å². The van der Waals surface area contributed by atoms with Crippen LogP contribution in [-0.2, 0) is 19.9 Å². The third-order valence-corrected chi connectivity index (χ3v) is 6.78. The van der Waals surface area contributed by atoms with Crippen molar-refractivity contribution in [3.05, 3.63) is 70.0 Å². The Balaban J connectivity index is 2.58. The molecule has 0 spiro atoms. The first-order valence-corrected chi connectivity index (χ1v) is 11.4. The van der Waals surface area contributed by atoms with Crippen LogP contribution in [-0.4, -0.2) is 40.1 Å². The molecule has 1 saturated heterocycles. The third-order valence-electron chi connectivity index (χ3n) is 6.54. The van der Waals surface area contributed by atoms with E-state index in [1.165, 1.54) is 20.8 Å². The first kappa shape index (κ1) is 29.3. The minimum atomic E-state index is -5.04. The van der Waals surface area contributed by atoms with Gasteiger partial charge in [0.1, 0.15) is 17.3 Å². The number of alkyl halides is 2. The highest BCUT2D eigenvalue weighted by Gasteiger charge is 2.72. The predicted molar refractivity (Wildman–Crippen MR) is 121 cm³/mol. The first-order chi connectivity index (χ1) is 17.5. The number of halogens is 7. The minimum absolute atomic E-state index is 0.170. The van der Waals surface area contributed by atoms with Gasteiger partial charge in [0.15, 0.2) is 11.6 Å². The lowest BCUT2D eigenvalue weighted by molar-refractivity contribution is -0.245. The van der Waals surface area contributed by atoms with Crippen LogP contribution in [0, 0.1) is 34.2 Å². The normalized spacial score (nSPS) is 24.2. The molecule has 0 aliphatic carbocycles. The predicted octanol–water partition coefficient (Wildman–Crippen LogP) is 5.90. The largest absolute Gasteiger partial charge is 0.480 e. The van der Waals surface area contributed by atoms with E-state index in [1.54, 1.807) is 6.07 Å². The number of carbonyl (C=O) groups excluding carboxylic acids is 1. The molecular formula is C25H21ClF6N2O4. The fourth-order valence-electron chi connectivity index (χ4n) is 5.21. The number of aliphatic carboxylic acids is 1. The van der Waals surface area contributed by atoms with Crippen molar-refractivity contribution in [2.45, 2.75) is 56.7 Å². The van der Waals surface area contributed by atoms with Crippen LogP contribution < -0.4 is 0 Å². The topological polar surface area (TPSA) is 90.6 Å². The lowest BCUT2D eigenvalue weighted by Gasteiger charge is -2.40. The Morgan fingerprint density at radius 3 is 2.29 bits per heavy atom. The van der Waals surface area contributed by atoms with Crippen LogP contribution in [0.3, 0.4) is 0 Å². The van der Waals surface area contributed by atoms with Crippen LogP contribution >= 0.6 is 11.6 Å². The average molecular weight is 563 g/mol. The van der Waals surface area contributed by atoms with Gasteiger partial charge < -0.3 is 5.11 Å². The zero-order valence-corrected chi connectivity index (χ0v) is 20.9. The summed E-state index contributed by atoms with van der Waals surface area (Å²) in [5, 5.41) is 20.5. The van der Waals surface area contributed by atoms with E-state index in [4.69, 9.17) is 11.6 Å². The van der Waals surface area contributed by atoms with Crippen molar-refractivity contribution < 1.29 is 46.1 Å². The maximum atomic E-state index is 15.5. The van der Waals surface area contributed by atoms with Crippen molar-refractivity contribution in [3.63, 3.8) is 0 Å². The third kappa shape index (κ3) is 4.69. The average Bonchev–Trinajstić information content (AvgIpc) is 3.10. The highest BCUT2D eigenvalue weighted by atomic mass is 35.5. The summed E-state index contributed by atoms with van der Waals surface area (Å²) in [7, 11) is 0. The fraction of sp³-hybridized carbons (Fsp3) is 0.400. The highest BCUT2D eigenvalue weighted by molar-refractivity contribution is 6.30. The summed E-state index contributed by atoms with van der Waals surface area (Å²) in [6, 6.07) is -2.83. The van der Waals surface area contributed by atoms with Gasteiger partial charge in [0.05, 0.1) is 6.07 Å². The molecule has 1 fully saturated rings. The van der Waals surface area contributed by atoms with E-state index in [2.05, 4.69) is 4.94 Å². The molecule has 0 aromatic heterocycles. The Morgan fingerprint density at radius 1 is 1.16 bits per heavy atom. The molecule has 1 aliphatic rings. The molecule has 1 N–H and O–H groups in total. The summed E-state index contributed by atoms with van der Waals surface area (Å²) in [6.45, 7) is 4.55. The van der Waals surface area contributed by atoms with E-state index >= 15 is 17.6 Å². The summed E-state index contributed by atoms with van der Waals surface area (Å²) < 4.78 is 88.9. The second-order valence-corrected chi connectivity index (χ2v) is 10.5. The summed E-state index contributed by atoms with van der Waals surface area (Å²) in [5.74, 6) is -11.6. The molecule has 0 amide bonds. The number of hydrogen-bond donors (Lipinski definition) is 1. The van der Waals surface area contributed by atoms with Gasteiger partial charge >= 0.3 is 18.0 Å². The van der Waals surface area contributed by atoms with Gasteiger partial charge in [0, 0.05) is 27.1 Å². The summed E-state index contributed by atoms with van der Waals surface area (Å²) in [4.78, 5) is 26.9. The van der Waals surface area contributed by atoms with Gasteiger partial charge in [-0.15, -0.1) is 0 Å². The van der Waals surface area contributed by atoms with Gasteiger partial charge in [0.25, 0.3) is 0 Å². The van der Waals surface area contributed by atoms with E-state index in [0.29, 0.717) is 6.07 Å². The Morgan fingerprint density at radius 2 is 1.79 bits per heavy atom. The molecule has 0 radical (unpaired) electrons. The number of nitriles is 1. The number of carbonyl (C=O) groups is 2. The van der Waals surface area contributed by atoms with E-state index in [1.807, 2.05) is 0 Å². The Bertz CT molecular complexity index is 1310. The number of rotatable bonds is 6. The van der Waals surface area contributed by atoms with Crippen LogP contribution in [0.15, 0.2) is 36.4 Å². The van der Waals surface area contributed by atoms with Crippen molar-refractivity contribution in [2.24, 2.45) is 5.41 Å². The number of carboxylic acid groups (broad SMARTS) is 1. The van der Waals surface area contributed by atoms with Crippen molar-refractivity contribution >= 4 is 23.5 Å². The van der Waals surface area contributed by atoms with Gasteiger partial charge in [-0.3, -0.25) is 4.79 Å². The smallest absolute Gasteiger partial charge is 0.434 e. The SMILES string of the molecule is CC(C)(C)C[C@@H]1N(C(F)(F)C(=O)OF)[C@@H](C(=O)O)[C@H](c2cccc(F)c2F)[C@@]1(C#N)c1ccc(Cl)cc1F. The van der Waals surface area contributed by atoms with Crippen molar-refractivity contribution in [2.75, 3.05) is 0 Å². The van der Waals surface area contributed by atoms with E-state index in [9.17, 15) is 28.9 Å². The van der Waals surface area contributed by atoms with Crippen LogP contribution in [0.25, 0.3) is 0 Å². The molecule has 38 heavy (non-hydrogen) atoms. The van der Waals surface area contributed by atoms with Crippen molar-refractivity contribution in [1.82, 2.24) is 4.90 Å². The molecule has 1 heterocycles.